The van der Waals surface area contributed by atoms with Crippen LogP contribution in [-0.4, -0.2) is 44.6 Å². The summed E-state index contributed by atoms with van der Waals surface area (Å²) < 4.78 is 0. The molecule has 1 aromatic heterocycles. The van der Waals surface area contributed by atoms with E-state index in [1.807, 2.05) is 23.2 Å². The highest BCUT2D eigenvalue weighted by Gasteiger charge is 2.49. The van der Waals surface area contributed by atoms with E-state index < -0.39 is 6.09 Å². The first kappa shape index (κ1) is 19.0. The van der Waals surface area contributed by atoms with Crippen molar-refractivity contribution in [1.82, 2.24) is 20.2 Å². The minimum absolute atomic E-state index is 0.0111. The van der Waals surface area contributed by atoms with Crippen LogP contribution in [0.2, 0.25) is 0 Å². The van der Waals surface area contributed by atoms with Crippen molar-refractivity contribution in [2.45, 2.75) is 50.2 Å². The number of H-pyrrole nitrogens is 1. The molecule has 8 nitrogen and oxygen atoms in total. The number of para-hydroxylation sites is 1. The number of carbonyl (C=O) groups is 2. The van der Waals surface area contributed by atoms with Crippen molar-refractivity contribution >= 4 is 17.7 Å². The van der Waals surface area contributed by atoms with Crippen LogP contribution < -0.4 is 10.6 Å². The summed E-state index contributed by atoms with van der Waals surface area (Å²) in [5.74, 6) is 0.884. The highest BCUT2D eigenvalue weighted by Crippen LogP contribution is 2.51. The molecule has 158 valence electrons. The molecule has 0 spiro atoms. The average molecular weight is 409 g/mol. The van der Waals surface area contributed by atoms with Crippen molar-refractivity contribution < 1.29 is 14.7 Å². The van der Waals surface area contributed by atoms with Gasteiger partial charge in [0.15, 0.2) is 0 Å². The van der Waals surface area contributed by atoms with Gasteiger partial charge in [0.1, 0.15) is 5.82 Å². The maximum Gasteiger partial charge on any atom is 0.404 e. The van der Waals surface area contributed by atoms with Crippen LogP contribution in [0.4, 0.5) is 10.5 Å². The Morgan fingerprint density at radius 3 is 2.80 bits per heavy atom. The Morgan fingerprint density at radius 1 is 1.17 bits per heavy atom. The Bertz CT molecular complexity index is 931. The molecule has 2 amide bonds. The molecule has 1 aromatic carbocycles. The normalized spacial score (nSPS) is 30.1. The summed E-state index contributed by atoms with van der Waals surface area (Å²) in [7, 11) is 0. The monoisotopic (exact) mass is 409 g/mol. The number of hydrogen-bond donors (Lipinski definition) is 4. The molecule has 5 rings (SSSR count). The molecule has 0 unspecified atom stereocenters. The Hall–Kier alpha value is -3.03. The Morgan fingerprint density at radius 2 is 2.00 bits per heavy atom. The second-order valence-electron chi connectivity index (χ2n) is 8.56. The molecule has 0 radical (unpaired) electrons. The fourth-order valence-corrected chi connectivity index (χ4v) is 5.66. The molecule has 3 aliphatic rings. The van der Waals surface area contributed by atoms with Crippen molar-refractivity contribution in [3.63, 3.8) is 0 Å². The highest BCUT2D eigenvalue weighted by molar-refractivity contribution is 5.82. The molecule has 2 fully saturated rings. The number of carboxylic acid groups (broad SMARTS) is 1. The first-order valence-corrected chi connectivity index (χ1v) is 10.8. The molecule has 3 heterocycles. The van der Waals surface area contributed by atoms with E-state index in [9.17, 15) is 14.7 Å². The number of aromatic nitrogens is 2. The molecular weight excluding hydrogens is 382 g/mol. The summed E-state index contributed by atoms with van der Waals surface area (Å²) in [4.78, 5) is 34.7. The van der Waals surface area contributed by atoms with Gasteiger partial charge in [-0.1, -0.05) is 31.0 Å². The van der Waals surface area contributed by atoms with Crippen molar-refractivity contribution in [3.05, 3.63) is 48.0 Å². The molecule has 30 heavy (non-hydrogen) atoms. The number of aromatic amines is 1. The number of hydrogen-bond acceptors (Lipinski definition) is 4. The van der Waals surface area contributed by atoms with Crippen molar-refractivity contribution in [3.8, 4) is 0 Å². The minimum atomic E-state index is -1.05. The van der Waals surface area contributed by atoms with Gasteiger partial charge in [0.25, 0.3) is 0 Å². The Balaban J connectivity index is 1.47. The molecule has 0 bridgehead atoms. The van der Waals surface area contributed by atoms with E-state index in [4.69, 9.17) is 0 Å². The number of amides is 2. The quantitative estimate of drug-likeness (QED) is 0.622. The van der Waals surface area contributed by atoms with Gasteiger partial charge in [0, 0.05) is 36.6 Å². The molecule has 1 saturated carbocycles. The van der Waals surface area contributed by atoms with E-state index in [0.717, 1.165) is 49.2 Å². The Kier molecular flexibility index (Phi) is 4.84. The molecule has 5 atom stereocenters. The second kappa shape index (κ2) is 7.66. The Labute approximate surface area is 175 Å². The second-order valence-corrected chi connectivity index (χ2v) is 8.56. The number of likely N-dealkylation sites (tertiary alicyclic amines) is 1. The summed E-state index contributed by atoms with van der Waals surface area (Å²) in [6, 6.07) is 7.84. The lowest BCUT2D eigenvalue weighted by atomic mass is 9.81. The van der Waals surface area contributed by atoms with E-state index in [0.29, 0.717) is 6.54 Å². The van der Waals surface area contributed by atoms with Gasteiger partial charge in [-0.05, 0) is 30.9 Å². The fourth-order valence-electron chi connectivity index (χ4n) is 5.66. The summed E-state index contributed by atoms with van der Waals surface area (Å²) >= 11 is 0. The zero-order valence-electron chi connectivity index (χ0n) is 16.8. The molecule has 1 aliphatic carbocycles. The van der Waals surface area contributed by atoms with E-state index >= 15 is 0 Å². The SMILES string of the molecule is O=C(O)N[C@@H]1CCCC[C@@H]1C(=O)N1CC[C@@H]2[C@@H](c3ncc[nH]3)Nc3ccccc3[C@H]21. The molecule has 2 aliphatic heterocycles. The maximum absolute atomic E-state index is 13.7. The molecule has 4 N–H and O–H groups in total. The van der Waals surface area contributed by atoms with Crippen LogP contribution in [0.5, 0.6) is 0 Å². The third kappa shape index (κ3) is 3.20. The number of nitrogens with one attached hydrogen (secondary N) is 3. The number of nitrogens with zero attached hydrogens (tertiary/aromatic N) is 2. The zero-order chi connectivity index (χ0) is 20.7. The summed E-state index contributed by atoms with van der Waals surface area (Å²) in [5, 5.41) is 15.5. The zero-order valence-corrected chi connectivity index (χ0v) is 16.8. The molecule has 1 saturated heterocycles. The van der Waals surface area contributed by atoms with Crippen LogP contribution >= 0.6 is 0 Å². The number of rotatable bonds is 3. The fraction of sp³-hybridized carbons (Fsp3) is 0.500. The van der Waals surface area contributed by atoms with Gasteiger partial charge in [0.2, 0.25) is 5.91 Å². The van der Waals surface area contributed by atoms with Gasteiger partial charge in [-0.25, -0.2) is 9.78 Å². The van der Waals surface area contributed by atoms with Gasteiger partial charge in [-0.15, -0.1) is 0 Å². The summed E-state index contributed by atoms with van der Waals surface area (Å²) in [5.41, 5.74) is 2.17. The first-order valence-electron chi connectivity index (χ1n) is 10.8. The largest absolute Gasteiger partial charge is 0.465 e. The highest BCUT2D eigenvalue weighted by atomic mass is 16.4. The maximum atomic E-state index is 13.7. The smallest absolute Gasteiger partial charge is 0.404 e. The van der Waals surface area contributed by atoms with E-state index in [-0.39, 0.29) is 35.9 Å². The lowest BCUT2D eigenvalue weighted by molar-refractivity contribution is -0.139. The third-order valence-electron chi connectivity index (χ3n) is 6.95. The van der Waals surface area contributed by atoms with Crippen LogP contribution in [0, 0.1) is 11.8 Å². The van der Waals surface area contributed by atoms with Crippen LogP contribution in [-0.2, 0) is 4.79 Å². The molecule has 8 heteroatoms. The van der Waals surface area contributed by atoms with Crippen molar-refractivity contribution in [1.29, 1.82) is 0 Å². The van der Waals surface area contributed by atoms with Gasteiger partial charge in [0.05, 0.1) is 18.0 Å². The topological polar surface area (TPSA) is 110 Å². The number of anilines is 1. The standard InChI is InChI=1S/C22H27N5O3/c28-21(14-6-2-4-8-17(14)26-22(29)30)27-12-9-15-18(20-23-10-11-24-20)25-16-7-3-1-5-13(16)19(15)27/h1,3,5,7,10-11,14-15,17-19,25-26H,2,4,6,8-9,12H2,(H,23,24)(H,29,30)/t14-,15+,17+,18-,19+/m0/s1. The molecule has 2 aromatic rings. The first-order chi connectivity index (χ1) is 14.6. The lowest BCUT2D eigenvalue weighted by Crippen LogP contribution is -2.49. The van der Waals surface area contributed by atoms with Gasteiger partial charge in [-0.3, -0.25) is 4.79 Å². The van der Waals surface area contributed by atoms with Crippen LogP contribution in [0.1, 0.15) is 55.6 Å². The van der Waals surface area contributed by atoms with Crippen molar-refractivity contribution in [2.24, 2.45) is 11.8 Å². The lowest BCUT2D eigenvalue weighted by Gasteiger charge is -2.41. The van der Waals surface area contributed by atoms with E-state index in [1.54, 1.807) is 6.20 Å². The number of fused-ring (bicyclic) bond motifs is 3. The third-order valence-corrected chi connectivity index (χ3v) is 6.95. The summed E-state index contributed by atoms with van der Waals surface area (Å²) in [6.07, 6.45) is 6.79. The van der Waals surface area contributed by atoms with Gasteiger partial charge >= 0.3 is 6.09 Å². The van der Waals surface area contributed by atoms with Gasteiger partial charge in [-0.2, -0.15) is 0 Å². The predicted molar refractivity (Wildman–Crippen MR) is 111 cm³/mol. The number of carbonyl (C=O) groups excluding carboxylic acids is 1. The average Bonchev–Trinajstić information content (AvgIpc) is 3.43. The number of imidazole rings is 1. The van der Waals surface area contributed by atoms with Crippen molar-refractivity contribution in [2.75, 3.05) is 11.9 Å². The molecular formula is C22H27N5O3. The van der Waals surface area contributed by atoms with Crippen LogP contribution in [0.3, 0.4) is 0 Å². The van der Waals surface area contributed by atoms with Crippen LogP contribution in [0.15, 0.2) is 36.7 Å². The number of benzene rings is 1. The minimum Gasteiger partial charge on any atom is -0.465 e. The van der Waals surface area contributed by atoms with Gasteiger partial charge < -0.3 is 25.6 Å². The van der Waals surface area contributed by atoms with E-state index in [1.165, 1.54) is 0 Å². The van der Waals surface area contributed by atoms with Crippen LogP contribution in [0.25, 0.3) is 0 Å². The predicted octanol–water partition coefficient (Wildman–Crippen LogP) is 3.29. The van der Waals surface area contributed by atoms with E-state index in [2.05, 4.69) is 32.7 Å². The summed E-state index contributed by atoms with van der Waals surface area (Å²) in [6.45, 7) is 0.678.